The molecule has 0 aromatic rings. The first-order valence-electron chi connectivity index (χ1n) is 4.68. The average molecular weight is 170 g/mol. The summed E-state index contributed by atoms with van der Waals surface area (Å²) in [5, 5.41) is 6.02. The van der Waals surface area contributed by atoms with Crippen molar-refractivity contribution < 1.29 is 4.79 Å². The topological polar surface area (TPSA) is 41.1 Å². The molecule has 1 fully saturated rings. The molecule has 2 atom stereocenters. The van der Waals surface area contributed by atoms with Crippen molar-refractivity contribution in [3.63, 3.8) is 0 Å². The Kier molecular flexibility index (Phi) is 3.53. The van der Waals surface area contributed by atoms with Crippen molar-refractivity contribution in [1.29, 1.82) is 0 Å². The SMILES string of the molecule is CNCCCC(=O)NC1CC1C. The van der Waals surface area contributed by atoms with E-state index < -0.39 is 0 Å². The normalized spacial score (nSPS) is 26.8. The first-order chi connectivity index (χ1) is 5.74. The molecular weight excluding hydrogens is 152 g/mol. The Labute approximate surface area is 73.9 Å². The van der Waals surface area contributed by atoms with E-state index in [1.54, 1.807) is 0 Å². The molecule has 12 heavy (non-hydrogen) atoms. The quantitative estimate of drug-likeness (QED) is 0.590. The van der Waals surface area contributed by atoms with Gasteiger partial charge in [0, 0.05) is 12.5 Å². The molecule has 0 aromatic carbocycles. The third-order valence-electron chi connectivity index (χ3n) is 2.29. The summed E-state index contributed by atoms with van der Waals surface area (Å²) >= 11 is 0. The van der Waals surface area contributed by atoms with E-state index >= 15 is 0 Å². The maximum atomic E-state index is 11.2. The van der Waals surface area contributed by atoms with Gasteiger partial charge in [0.1, 0.15) is 0 Å². The Morgan fingerprint density at radius 3 is 2.75 bits per heavy atom. The van der Waals surface area contributed by atoms with Crippen LogP contribution in [-0.2, 0) is 4.79 Å². The zero-order valence-corrected chi connectivity index (χ0v) is 7.89. The van der Waals surface area contributed by atoms with Gasteiger partial charge in [0.15, 0.2) is 0 Å². The van der Waals surface area contributed by atoms with Crippen LogP contribution in [0, 0.1) is 5.92 Å². The molecule has 2 unspecified atom stereocenters. The predicted octanol–water partition coefficient (Wildman–Crippen LogP) is 0.511. The molecule has 0 aromatic heterocycles. The third kappa shape index (κ3) is 3.22. The highest BCUT2D eigenvalue weighted by molar-refractivity contribution is 5.76. The highest BCUT2D eigenvalue weighted by atomic mass is 16.1. The van der Waals surface area contributed by atoms with Gasteiger partial charge in [-0.3, -0.25) is 4.79 Å². The van der Waals surface area contributed by atoms with Crippen LogP contribution in [-0.4, -0.2) is 25.5 Å². The minimum atomic E-state index is 0.208. The van der Waals surface area contributed by atoms with Gasteiger partial charge in [0.2, 0.25) is 5.91 Å². The largest absolute Gasteiger partial charge is 0.353 e. The van der Waals surface area contributed by atoms with Gasteiger partial charge in [-0.1, -0.05) is 6.92 Å². The molecular formula is C9H18N2O. The fourth-order valence-electron chi connectivity index (χ4n) is 1.23. The van der Waals surface area contributed by atoms with E-state index in [2.05, 4.69) is 17.6 Å². The molecule has 3 heteroatoms. The standard InChI is InChI=1S/C9H18N2O/c1-7-6-8(7)11-9(12)4-3-5-10-2/h7-8,10H,3-6H2,1-2H3,(H,11,12). The van der Waals surface area contributed by atoms with Crippen molar-refractivity contribution in [3.05, 3.63) is 0 Å². The number of nitrogens with one attached hydrogen (secondary N) is 2. The second-order valence-electron chi connectivity index (χ2n) is 3.59. The van der Waals surface area contributed by atoms with Gasteiger partial charge in [-0.2, -0.15) is 0 Å². The van der Waals surface area contributed by atoms with Gasteiger partial charge in [-0.05, 0) is 32.4 Å². The Bertz CT molecular complexity index is 159. The molecule has 2 N–H and O–H groups in total. The first-order valence-corrected chi connectivity index (χ1v) is 4.68. The molecule has 70 valence electrons. The number of amides is 1. The Morgan fingerprint density at radius 2 is 2.25 bits per heavy atom. The smallest absolute Gasteiger partial charge is 0.220 e. The van der Waals surface area contributed by atoms with Crippen LogP contribution in [0.3, 0.4) is 0 Å². The Hall–Kier alpha value is -0.570. The molecule has 1 aliphatic carbocycles. The minimum Gasteiger partial charge on any atom is -0.353 e. The summed E-state index contributed by atoms with van der Waals surface area (Å²) in [5.74, 6) is 0.915. The fraction of sp³-hybridized carbons (Fsp3) is 0.889. The van der Waals surface area contributed by atoms with Crippen molar-refractivity contribution in [3.8, 4) is 0 Å². The van der Waals surface area contributed by atoms with E-state index in [1.807, 2.05) is 7.05 Å². The fourth-order valence-corrected chi connectivity index (χ4v) is 1.23. The summed E-state index contributed by atoms with van der Waals surface area (Å²) in [5.41, 5.74) is 0. The second kappa shape index (κ2) is 4.45. The van der Waals surface area contributed by atoms with Crippen molar-refractivity contribution in [2.24, 2.45) is 5.92 Å². The van der Waals surface area contributed by atoms with Crippen LogP contribution in [0.1, 0.15) is 26.2 Å². The van der Waals surface area contributed by atoms with Gasteiger partial charge < -0.3 is 10.6 Å². The Morgan fingerprint density at radius 1 is 1.58 bits per heavy atom. The first kappa shape index (κ1) is 9.52. The van der Waals surface area contributed by atoms with E-state index in [0.29, 0.717) is 18.4 Å². The van der Waals surface area contributed by atoms with Gasteiger partial charge in [-0.25, -0.2) is 0 Å². The molecule has 0 spiro atoms. The predicted molar refractivity (Wildman–Crippen MR) is 48.9 cm³/mol. The van der Waals surface area contributed by atoms with E-state index in [9.17, 15) is 4.79 Å². The molecule has 1 amide bonds. The molecule has 0 radical (unpaired) electrons. The van der Waals surface area contributed by atoms with Crippen LogP contribution in [0.4, 0.5) is 0 Å². The minimum absolute atomic E-state index is 0.208. The summed E-state index contributed by atoms with van der Waals surface area (Å²) in [6, 6.07) is 0.479. The zero-order valence-electron chi connectivity index (χ0n) is 7.89. The molecule has 0 bridgehead atoms. The molecule has 0 aliphatic heterocycles. The average Bonchev–Trinajstić information content (AvgIpc) is 2.67. The summed E-state index contributed by atoms with van der Waals surface area (Å²) in [6.45, 7) is 3.09. The monoisotopic (exact) mass is 170 g/mol. The lowest BCUT2D eigenvalue weighted by Crippen LogP contribution is -2.27. The van der Waals surface area contributed by atoms with E-state index in [0.717, 1.165) is 19.4 Å². The van der Waals surface area contributed by atoms with Gasteiger partial charge in [-0.15, -0.1) is 0 Å². The number of hydrogen-bond acceptors (Lipinski definition) is 2. The van der Waals surface area contributed by atoms with Crippen LogP contribution in [0.5, 0.6) is 0 Å². The molecule has 0 heterocycles. The van der Waals surface area contributed by atoms with Crippen LogP contribution in [0.25, 0.3) is 0 Å². The summed E-state index contributed by atoms with van der Waals surface area (Å²) in [6.07, 6.45) is 2.76. The van der Waals surface area contributed by atoms with Gasteiger partial charge in [0.05, 0.1) is 0 Å². The maximum absolute atomic E-state index is 11.2. The van der Waals surface area contributed by atoms with Crippen molar-refractivity contribution in [2.75, 3.05) is 13.6 Å². The number of carbonyl (C=O) groups excluding carboxylic acids is 1. The lowest BCUT2D eigenvalue weighted by Gasteiger charge is -2.02. The molecule has 1 aliphatic rings. The lowest BCUT2D eigenvalue weighted by molar-refractivity contribution is -0.121. The summed E-state index contributed by atoms with van der Waals surface area (Å²) < 4.78 is 0. The molecule has 1 rings (SSSR count). The summed E-state index contributed by atoms with van der Waals surface area (Å²) in [7, 11) is 1.90. The van der Waals surface area contributed by atoms with Crippen LogP contribution in [0.2, 0.25) is 0 Å². The Balaban J connectivity index is 1.97. The third-order valence-corrected chi connectivity index (χ3v) is 2.29. The van der Waals surface area contributed by atoms with Gasteiger partial charge >= 0.3 is 0 Å². The summed E-state index contributed by atoms with van der Waals surface area (Å²) in [4.78, 5) is 11.2. The molecule has 0 saturated heterocycles. The van der Waals surface area contributed by atoms with Gasteiger partial charge in [0.25, 0.3) is 0 Å². The zero-order chi connectivity index (χ0) is 8.97. The highest BCUT2D eigenvalue weighted by Gasteiger charge is 2.33. The maximum Gasteiger partial charge on any atom is 0.220 e. The molecule has 1 saturated carbocycles. The number of carbonyl (C=O) groups is 1. The van der Waals surface area contributed by atoms with Crippen LogP contribution >= 0.6 is 0 Å². The molecule has 3 nitrogen and oxygen atoms in total. The highest BCUT2D eigenvalue weighted by Crippen LogP contribution is 2.28. The van der Waals surface area contributed by atoms with E-state index in [4.69, 9.17) is 0 Å². The van der Waals surface area contributed by atoms with E-state index in [1.165, 1.54) is 0 Å². The van der Waals surface area contributed by atoms with E-state index in [-0.39, 0.29) is 5.91 Å². The van der Waals surface area contributed by atoms with Crippen LogP contribution in [0.15, 0.2) is 0 Å². The van der Waals surface area contributed by atoms with Crippen molar-refractivity contribution in [1.82, 2.24) is 10.6 Å². The van der Waals surface area contributed by atoms with Crippen LogP contribution < -0.4 is 10.6 Å². The number of hydrogen-bond donors (Lipinski definition) is 2. The van der Waals surface area contributed by atoms with Crippen molar-refractivity contribution >= 4 is 5.91 Å². The number of rotatable bonds is 5. The second-order valence-corrected chi connectivity index (χ2v) is 3.59. The van der Waals surface area contributed by atoms with Crippen molar-refractivity contribution in [2.45, 2.75) is 32.2 Å². The lowest BCUT2D eigenvalue weighted by atomic mass is 10.3.